The molecule has 7 heteroatoms. The summed E-state index contributed by atoms with van der Waals surface area (Å²) in [7, 11) is 1.37. The van der Waals surface area contributed by atoms with Crippen molar-refractivity contribution >= 4 is 17.4 Å². The molecule has 1 amide bonds. The number of Topliss-reactive ketones (excluding diaryl/α,β-unsaturated/α-hetero) is 1. The summed E-state index contributed by atoms with van der Waals surface area (Å²) in [5.41, 5.74) is -0.696. The summed E-state index contributed by atoms with van der Waals surface area (Å²) in [5.74, 6) is -2.43. The van der Waals surface area contributed by atoms with E-state index >= 15 is 0 Å². The number of para-hydroxylation sites is 2. The van der Waals surface area contributed by atoms with Gasteiger partial charge in [0.05, 0.1) is 23.9 Å². The fourth-order valence-electron chi connectivity index (χ4n) is 1.96. The molecular formula is C16H12F3NO3. The molecule has 0 aliphatic heterocycles. The summed E-state index contributed by atoms with van der Waals surface area (Å²) in [6, 6.07) is 11.2. The van der Waals surface area contributed by atoms with Crippen LogP contribution in [0.25, 0.3) is 0 Å². The number of amides is 1. The Labute approximate surface area is 129 Å². The minimum absolute atomic E-state index is 0.143. The lowest BCUT2D eigenvalue weighted by Crippen LogP contribution is -2.25. The number of carbonyl (C=O) groups is 2. The molecule has 0 saturated carbocycles. The molecule has 0 aromatic heterocycles. The number of hydrogen-bond acceptors (Lipinski definition) is 3. The van der Waals surface area contributed by atoms with Gasteiger partial charge in [0.25, 0.3) is 11.7 Å². The topological polar surface area (TPSA) is 55.4 Å². The van der Waals surface area contributed by atoms with Crippen LogP contribution in [0.2, 0.25) is 0 Å². The molecule has 2 aromatic carbocycles. The van der Waals surface area contributed by atoms with Gasteiger partial charge in [0, 0.05) is 0 Å². The predicted octanol–water partition coefficient (Wildman–Crippen LogP) is 3.69. The van der Waals surface area contributed by atoms with Gasteiger partial charge in [-0.3, -0.25) is 9.59 Å². The first-order valence-corrected chi connectivity index (χ1v) is 6.49. The van der Waals surface area contributed by atoms with Crippen molar-refractivity contribution in [1.29, 1.82) is 0 Å². The third kappa shape index (κ3) is 3.68. The maximum atomic E-state index is 12.6. The van der Waals surface area contributed by atoms with Crippen LogP contribution < -0.4 is 10.1 Å². The molecule has 2 rings (SSSR count). The lowest BCUT2D eigenvalue weighted by molar-refractivity contribution is -0.0884. The molecule has 0 radical (unpaired) electrons. The van der Waals surface area contributed by atoms with E-state index in [2.05, 4.69) is 5.32 Å². The Morgan fingerprint density at radius 1 is 0.957 bits per heavy atom. The van der Waals surface area contributed by atoms with Gasteiger partial charge in [0.2, 0.25) is 0 Å². The Bertz CT molecular complexity index is 741. The molecule has 0 saturated heterocycles. The molecule has 23 heavy (non-hydrogen) atoms. The standard InChI is InChI=1S/C16H12F3NO3/c1-23-13-9-5-3-7-11(13)15(22)20-12-8-4-2-6-10(12)14(21)16(17,18)19/h2-9H,1H3,(H,20,22). The van der Waals surface area contributed by atoms with Crippen LogP contribution in [0.3, 0.4) is 0 Å². The van der Waals surface area contributed by atoms with Crippen molar-refractivity contribution in [3.63, 3.8) is 0 Å². The van der Waals surface area contributed by atoms with Crippen LogP contribution in [0, 0.1) is 0 Å². The zero-order valence-corrected chi connectivity index (χ0v) is 12.0. The fraction of sp³-hybridized carbons (Fsp3) is 0.125. The van der Waals surface area contributed by atoms with Crippen LogP contribution in [-0.4, -0.2) is 25.0 Å². The van der Waals surface area contributed by atoms with E-state index in [9.17, 15) is 22.8 Å². The monoisotopic (exact) mass is 323 g/mol. The van der Waals surface area contributed by atoms with Gasteiger partial charge in [-0.25, -0.2) is 0 Å². The first-order valence-electron chi connectivity index (χ1n) is 6.49. The highest BCUT2D eigenvalue weighted by Gasteiger charge is 2.40. The first-order chi connectivity index (χ1) is 10.8. The predicted molar refractivity (Wildman–Crippen MR) is 77.8 cm³/mol. The molecule has 0 bridgehead atoms. The van der Waals surface area contributed by atoms with E-state index in [1.165, 1.54) is 31.4 Å². The molecule has 2 aromatic rings. The Morgan fingerprint density at radius 3 is 2.13 bits per heavy atom. The third-order valence-electron chi connectivity index (χ3n) is 3.03. The van der Waals surface area contributed by atoms with E-state index in [-0.39, 0.29) is 17.0 Å². The van der Waals surface area contributed by atoms with Crippen LogP contribution in [0.4, 0.5) is 18.9 Å². The van der Waals surface area contributed by atoms with Crippen LogP contribution in [0.15, 0.2) is 48.5 Å². The molecular weight excluding hydrogens is 311 g/mol. The molecule has 0 heterocycles. The van der Waals surface area contributed by atoms with Gasteiger partial charge < -0.3 is 10.1 Å². The second-order valence-corrected chi connectivity index (χ2v) is 4.53. The fourth-order valence-corrected chi connectivity index (χ4v) is 1.96. The van der Waals surface area contributed by atoms with Gasteiger partial charge in [-0.2, -0.15) is 13.2 Å². The molecule has 0 spiro atoms. The Balaban J connectivity index is 2.34. The van der Waals surface area contributed by atoms with E-state index in [0.717, 1.165) is 6.07 Å². The maximum absolute atomic E-state index is 12.6. The Kier molecular flexibility index (Phi) is 4.68. The number of halogens is 3. The summed E-state index contributed by atoms with van der Waals surface area (Å²) in [6.07, 6.45) is -5.02. The van der Waals surface area contributed by atoms with Crippen molar-refractivity contribution in [1.82, 2.24) is 0 Å². The van der Waals surface area contributed by atoms with Crippen LogP contribution in [0.5, 0.6) is 5.75 Å². The van der Waals surface area contributed by atoms with E-state index in [1.807, 2.05) is 0 Å². The van der Waals surface area contributed by atoms with Gasteiger partial charge in [0.1, 0.15) is 5.75 Å². The molecule has 0 aliphatic carbocycles. The number of rotatable bonds is 4. The van der Waals surface area contributed by atoms with Crippen molar-refractivity contribution in [2.24, 2.45) is 0 Å². The van der Waals surface area contributed by atoms with Gasteiger partial charge in [0.15, 0.2) is 0 Å². The van der Waals surface area contributed by atoms with Gasteiger partial charge in [-0.15, -0.1) is 0 Å². The number of anilines is 1. The normalized spacial score (nSPS) is 11.0. The van der Waals surface area contributed by atoms with Crippen molar-refractivity contribution < 1.29 is 27.5 Å². The van der Waals surface area contributed by atoms with Gasteiger partial charge in [-0.1, -0.05) is 24.3 Å². The minimum Gasteiger partial charge on any atom is -0.496 e. The number of ketones is 1. The smallest absolute Gasteiger partial charge is 0.454 e. The first kappa shape index (κ1) is 16.5. The summed E-state index contributed by atoms with van der Waals surface area (Å²) < 4.78 is 42.9. The van der Waals surface area contributed by atoms with E-state index in [1.54, 1.807) is 18.2 Å². The number of hydrogen-bond donors (Lipinski definition) is 1. The highest BCUT2D eigenvalue weighted by molar-refractivity contribution is 6.11. The van der Waals surface area contributed by atoms with E-state index < -0.39 is 23.4 Å². The zero-order valence-electron chi connectivity index (χ0n) is 12.0. The summed E-state index contributed by atoms with van der Waals surface area (Å²) in [6.45, 7) is 0. The lowest BCUT2D eigenvalue weighted by Gasteiger charge is -2.13. The van der Waals surface area contributed by atoms with Crippen LogP contribution in [0.1, 0.15) is 20.7 Å². The van der Waals surface area contributed by atoms with Crippen LogP contribution >= 0.6 is 0 Å². The summed E-state index contributed by atoms with van der Waals surface area (Å²) in [5, 5.41) is 2.31. The number of nitrogens with one attached hydrogen (secondary N) is 1. The van der Waals surface area contributed by atoms with Crippen molar-refractivity contribution in [2.75, 3.05) is 12.4 Å². The third-order valence-corrected chi connectivity index (χ3v) is 3.03. The van der Waals surface area contributed by atoms with Gasteiger partial charge in [-0.05, 0) is 24.3 Å². The molecule has 0 unspecified atom stereocenters. The molecule has 4 nitrogen and oxygen atoms in total. The van der Waals surface area contributed by atoms with Gasteiger partial charge >= 0.3 is 6.18 Å². The molecule has 1 N–H and O–H groups in total. The molecule has 0 aliphatic rings. The van der Waals surface area contributed by atoms with Crippen molar-refractivity contribution in [2.45, 2.75) is 6.18 Å². The summed E-state index contributed by atoms with van der Waals surface area (Å²) >= 11 is 0. The number of methoxy groups -OCH3 is 1. The summed E-state index contributed by atoms with van der Waals surface area (Å²) in [4.78, 5) is 23.7. The Morgan fingerprint density at radius 2 is 1.52 bits per heavy atom. The largest absolute Gasteiger partial charge is 0.496 e. The van der Waals surface area contributed by atoms with Crippen LogP contribution in [-0.2, 0) is 0 Å². The lowest BCUT2D eigenvalue weighted by atomic mass is 10.1. The quantitative estimate of drug-likeness (QED) is 0.873. The average Bonchev–Trinajstić information content (AvgIpc) is 2.53. The SMILES string of the molecule is COc1ccccc1C(=O)Nc1ccccc1C(=O)C(F)(F)F. The van der Waals surface area contributed by atoms with Crippen molar-refractivity contribution in [3.05, 3.63) is 59.7 Å². The second kappa shape index (κ2) is 6.51. The minimum atomic E-state index is -5.02. The number of benzene rings is 2. The molecule has 0 fully saturated rings. The Hall–Kier alpha value is -2.83. The molecule has 0 atom stereocenters. The van der Waals surface area contributed by atoms with E-state index in [0.29, 0.717) is 0 Å². The zero-order chi connectivity index (χ0) is 17.0. The van der Waals surface area contributed by atoms with E-state index in [4.69, 9.17) is 4.74 Å². The number of ether oxygens (including phenoxy) is 1. The number of carbonyl (C=O) groups excluding carboxylic acids is 2. The highest BCUT2D eigenvalue weighted by atomic mass is 19.4. The van der Waals surface area contributed by atoms with Crippen molar-refractivity contribution in [3.8, 4) is 5.75 Å². The maximum Gasteiger partial charge on any atom is 0.454 e. The highest BCUT2D eigenvalue weighted by Crippen LogP contribution is 2.27. The second-order valence-electron chi connectivity index (χ2n) is 4.53. The molecule has 120 valence electrons. The average molecular weight is 323 g/mol. The number of alkyl halides is 3.